The normalized spacial score (nSPS) is 15.7. The second-order valence-electron chi connectivity index (χ2n) is 6.95. The lowest BCUT2D eigenvalue weighted by Crippen LogP contribution is -2.44. The Morgan fingerprint density at radius 3 is 2.43 bits per heavy atom. The minimum atomic E-state index is -0.00486. The Hall–Kier alpha value is -0.790. The van der Waals surface area contributed by atoms with Crippen LogP contribution < -0.4 is 10.6 Å². The van der Waals surface area contributed by atoms with Crippen LogP contribution in [0.25, 0.3) is 0 Å². The van der Waals surface area contributed by atoms with E-state index in [1.807, 2.05) is 0 Å². The minimum Gasteiger partial charge on any atom is -0.356 e. The summed E-state index contributed by atoms with van der Waals surface area (Å²) in [5.74, 6) is 1.44. The number of carbonyl (C=O) groups excluding carboxylic acids is 1. The molecule has 1 aliphatic rings. The van der Waals surface area contributed by atoms with Crippen molar-refractivity contribution in [2.45, 2.75) is 39.5 Å². The number of nitrogens with one attached hydrogen (secondary N) is 2. The van der Waals surface area contributed by atoms with Gasteiger partial charge in [-0.3, -0.25) is 4.79 Å². The topological polar surface area (TPSA) is 56.7 Å². The highest BCUT2D eigenvalue weighted by Crippen LogP contribution is 2.38. The van der Waals surface area contributed by atoms with Crippen LogP contribution in [-0.2, 0) is 4.79 Å². The van der Waals surface area contributed by atoms with Gasteiger partial charge in [0, 0.05) is 27.2 Å². The van der Waals surface area contributed by atoms with Crippen LogP contribution in [0.15, 0.2) is 17.6 Å². The lowest BCUT2D eigenvalue weighted by molar-refractivity contribution is -0.127. The van der Waals surface area contributed by atoms with E-state index in [9.17, 15) is 4.79 Å². The van der Waals surface area contributed by atoms with Crippen LogP contribution in [0.1, 0.15) is 39.5 Å². The van der Waals surface area contributed by atoms with Gasteiger partial charge in [0.2, 0.25) is 5.91 Å². The standard InChI is InChI=1S/C17H32N4O.HI/c1-6-11-18-16(19-12-15(22)21(4)5)20-13-17(2,3)14-9-7-8-10-14;/h6,14H,1,7-13H2,2-5H3,(H2,18,19,20);1H. The van der Waals surface area contributed by atoms with Crippen LogP contribution in [0.4, 0.5) is 0 Å². The van der Waals surface area contributed by atoms with Crippen molar-refractivity contribution in [3.63, 3.8) is 0 Å². The first-order valence-corrected chi connectivity index (χ1v) is 8.20. The highest BCUT2D eigenvalue weighted by atomic mass is 127. The maximum absolute atomic E-state index is 11.7. The van der Waals surface area contributed by atoms with Crippen molar-refractivity contribution in [1.82, 2.24) is 15.5 Å². The molecule has 0 aliphatic heterocycles. The molecular weight excluding hydrogens is 403 g/mol. The molecule has 0 saturated heterocycles. The maximum atomic E-state index is 11.7. The third kappa shape index (κ3) is 8.04. The molecule has 2 N–H and O–H groups in total. The van der Waals surface area contributed by atoms with E-state index >= 15 is 0 Å². The first kappa shape index (κ1) is 22.2. The Kier molecular flexibility index (Phi) is 10.5. The molecule has 1 amide bonds. The number of carbonyl (C=O) groups is 1. The molecule has 0 aromatic rings. The molecule has 5 nitrogen and oxygen atoms in total. The van der Waals surface area contributed by atoms with Crippen molar-refractivity contribution in [3.05, 3.63) is 12.7 Å². The van der Waals surface area contributed by atoms with Crippen molar-refractivity contribution in [2.24, 2.45) is 16.3 Å². The smallest absolute Gasteiger partial charge is 0.243 e. The molecule has 134 valence electrons. The number of amides is 1. The van der Waals surface area contributed by atoms with Gasteiger partial charge in [0.15, 0.2) is 5.96 Å². The van der Waals surface area contributed by atoms with E-state index < -0.39 is 0 Å². The number of guanidine groups is 1. The summed E-state index contributed by atoms with van der Waals surface area (Å²) in [6.45, 7) is 9.98. The summed E-state index contributed by atoms with van der Waals surface area (Å²) in [5, 5.41) is 6.56. The second-order valence-corrected chi connectivity index (χ2v) is 6.95. The molecule has 1 aliphatic carbocycles. The van der Waals surface area contributed by atoms with Gasteiger partial charge in [-0.05, 0) is 24.2 Å². The molecule has 0 aromatic heterocycles. The molecule has 1 saturated carbocycles. The van der Waals surface area contributed by atoms with Crippen LogP contribution in [-0.4, -0.2) is 50.5 Å². The first-order valence-electron chi connectivity index (χ1n) is 8.20. The van der Waals surface area contributed by atoms with Crippen molar-refractivity contribution in [2.75, 3.05) is 33.7 Å². The summed E-state index contributed by atoms with van der Waals surface area (Å²) < 4.78 is 0. The Bertz CT molecular complexity index is 401. The zero-order valence-electron chi connectivity index (χ0n) is 15.0. The molecule has 0 radical (unpaired) electrons. The predicted molar refractivity (Wildman–Crippen MR) is 108 cm³/mol. The Morgan fingerprint density at radius 2 is 1.91 bits per heavy atom. The van der Waals surface area contributed by atoms with E-state index in [2.05, 4.69) is 36.1 Å². The minimum absolute atomic E-state index is 0. The molecule has 0 bridgehead atoms. The van der Waals surface area contributed by atoms with Gasteiger partial charge in [0.1, 0.15) is 6.54 Å². The van der Waals surface area contributed by atoms with Gasteiger partial charge < -0.3 is 15.5 Å². The SMILES string of the molecule is C=CCNC(=NCC(=O)N(C)C)NCC(C)(C)C1CCCC1.I. The van der Waals surface area contributed by atoms with E-state index in [0.29, 0.717) is 12.5 Å². The van der Waals surface area contributed by atoms with E-state index in [1.165, 1.54) is 25.7 Å². The number of nitrogens with zero attached hydrogens (tertiary/aromatic N) is 2. The second kappa shape index (κ2) is 10.9. The lowest BCUT2D eigenvalue weighted by atomic mass is 9.78. The number of hydrogen-bond donors (Lipinski definition) is 2. The summed E-state index contributed by atoms with van der Waals surface area (Å²) in [6, 6.07) is 0. The summed E-state index contributed by atoms with van der Waals surface area (Å²) >= 11 is 0. The summed E-state index contributed by atoms with van der Waals surface area (Å²) in [4.78, 5) is 17.6. The summed E-state index contributed by atoms with van der Waals surface area (Å²) in [5.41, 5.74) is 0.235. The summed E-state index contributed by atoms with van der Waals surface area (Å²) in [7, 11) is 3.48. The highest BCUT2D eigenvalue weighted by molar-refractivity contribution is 14.0. The first-order chi connectivity index (χ1) is 10.4. The van der Waals surface area contributed by atoms with E-state index in [0.717, 1.165) is 12.5 Å². The van der Waals surface area contributed by atoms with E-state index in [-0.39, 0.29) is 41.8 Å². The Morgan fingerprint density at radius 1 is 1.30 bits per heavy atom. The fourth-order valence-corrected chi connectivity index (χ4v) is 2.79. The molecule has 1 rings (SSSR count). The predicted octanol–water partition coefficient (Wildman–Crippen LogP) is 2.63. The van der Waals surface area contributed by atoms with Gasteiger partial charge in [-0.15, -0.1) is 30.6 Å². The van der Waals surface area contributed by atoms with Gasteiger partial charge in [0.25, 0.3) is 0 Å². The molecule has 0 spiro atoms. The highest BCUT2D eigenvalue weighted by Gasteiger charge is 2.31. The lowest BCUT2D eigenvalue weighted by Gasteiger charge is -2.32. The van der Waals surface area contributed by atoms with Crippen molar-refractivity contribution < 1.29 is 4.79 Å². The molecule has 1 fully saturated rings. The number of likely N-dealkylation sites (N-methyl/N-ethyl adjacent to an activating group) is 1. The average molecular weight is 436 g/mol. The fraction of sp³-hybridized carbons (Fsp3) is 0.765. The van der Waals surface area contributed by atoms with Crippen LogP contribution in [0.5, 0.6) is 0 Å². The zero-order chi connectivity index (χ0) is 16.6. The molecule has 23 heavy (non-hydrogen) atoms. The van der Waals surface area contributed by atoms with Crippen LogP contribution in [0, 0.1) is 11.3 Å². The van der Waals surface area contributed by atoms with Crippen molar-refractivity contribution >= 4 is 35.8 Å². The third-order valence-corrected chi connectivity index (χ3v) is 4.46. The van der Waals surface area contributed by atoms with Gasteiger partial charge in [-0.2, -0.15) is 0 Å². The molecule has 0 atom stereocenters. The molecule has 0 unspecified atom stereocenters. The largest absolute Gasteiger partial charge is 0.356 e. The Balaban J connectivity index is 0.00000484. The quantitative estimate of drug-likeness (QED) is 0.279. The van der Waals surface area contributed by atoms with Gasteiger partial charge in [-0.25, -0.2) is 4.99 Å². The average Bonchev–Trinajstić information content (AvgIpc) is 3.01. The molecule has 6 heteroatoms. The van der Waals surface area contributed by atoms with Crippen molar-refractivity contribution in [1.29, 1.82) is 0 Å². The van der Waals surface area contributed by atoms with Crippen LogP contribution in [0.3, 0.4) is 0 Å². The number of rotatable bonds is 7. The number of aliphatic imine (C=N–C) groups is 1. The van der Waals surface area contributed by atoms with Gasteiger partial charge in [0.05, 0.1) is 0 Å². The summed E-state index contributed by atoms with van der Waals surface area (Å²) in [6.07, 6.45) is 7.12. The van der Waals surface area contributed by atoms with Crippen molar-refractivity contribution in [3.8, 4) is 0 Å². The van der Waals surface area contributed by atoms with Crippen LogP contribution >= 0.6 is 24.0 Å². The van der Waals surface area contributed by atoms with E-state index in [1.54, 1.807) is 25.1 Å². The third-order valence-electron chi connectivity index (χ3n) is 4.46. The molecular formula is C17H33IN4O. The molecule has 0 heterocycles. The van der Waals surface area contributed by atoms with Crippen LogP contribution in [0.2, 0.25) is 0 Å². The number of hydrogen-bond acceptors (Lipinski definition) is 2. The van der Waals surface area contributed by atoms with Gasteiger partial charge >= 0.3 is 0 Å². The van der Waals surface area contributed by atoms with Gasteiger partial charge in [-0.1, -0.05) is 32.8 Å². The molecule has 0 aromatic carbocycles. The maximum Gasteiger partial charge on any atom is 0.243 e. The number of halogens is 1. The monoisotopic (exact) mass is 436 g/mol. The fourth-order valence-electron chi connectivity index (χ4n) is 2.79. The Labute approximate surface area is 158 Å². The van der Waals surface area contributed by atoms with E-state index in [4.69, 9.17) is 0 Å². The zero-order valence-corrected chi connectivity index (χ0v) is 17.4.